The number of carboxylic acid groups (broad SMARTS) is 1. The molecule has 0 heterocycles. The van der Waals surface area contributed by atoms with E-state index in [0.29, 0.717) is 11.3 Å². The summed E-state index contributed by atoms with van der Waals surface area (Å²) in [4.78, 5) is 11.1. The Balaban J connectivity index is 3.25. The zero-order chi connectivity index (χ0) is 11.3. The van der Waals surface area contributed by atoms with Gasteiger partial charge in [-0.2, -0.15) is 0 Å². The van der Waals surface area contributed by atoms with E-state index in [9.17, 15) is 4.79 Å². The van der Waals surface area contributed by atoms with Crippen LogP contribution in [0.3, 0.4) is 0 Å². The lowest BCUT2D eigenvalue weighted by Crippen LogP contribution is -2.02. The van der Waals surface area contributed by atoms with Crippen molar-refractivity contribution in [2.45, 2.75) is 13.3 Å². The number of ether oxygens (including phenoxy) is 1. The van der Waals surface area contributed by atoms with Crippen LogP contribution in [0.2, 0.25) is 0 Å². The van der Waals surface area contributed by atoms with Crippen LogP contribution in [-0.2, 0) is 0 Å². The molecule has 0 amide bonds. The molecule has 1 N–H and O–H groups in total. The maximum Gasteiger partial charge on any atom is 0.340 e. The molecular formula is C12H14O3. The highest BCUT2D eigenvalue weighted by Gasteiger charge is 2.13. The molecule has 0 bridgehead atoms. The quantitative estimate of drug-likeness (QED) is 0.823. The third-order valence-corrected chi connectivity index (χ3v) is 2.03. The Morgan fingerprint density at radius 2 is 2.27 bits per heavy atom. The minimum Gasteiger partial charge on any atom is -0.496 e. The Labute approximate surface area is 89.0 Å². The molecule has 1 aromatic carbocycles. The van der Waals surface area contributed by atoms with E-state index in [4.69, 9.17) is 9.84 Å². The van der Waals surface area contributed by atoms with Gasteiger partial charge in [0.05, 0.1) is 7.11 Å². The van der Waals surface area contributed by atoms with Crippen LogP contribution < -0.4 is 4.74 Å². The predicted molar refractivity (Wildman–Crippen MR) is 59.3 cm³/mol. The number of hydrogen-bond acceptors (Lipinski definition) is 2. The van der Waals surface area contributed by atoms with Gasteiger partial charge in [0.2, 0.25) is 0 Å². The number of aromatic carboxylic acids is 1. The standard InChI is InChI=1S/C12H14O3/c1-3-4-6-9-7-5-8-10(15-2)11(9)12(13)14/h4-8H,3H2,1-2H3,(H,13,14)/b6-4+. The largest absolute Gasteiger partial charge is 0.496 e. The Kier molecular flexibility index (Phi) is 3.92. The zero-order valence-electron chi connectivity index (χ0n) is 8.86. The summed E-state index contributed by atoms with van der Waals surface area (Å²) in [6.45, 7) is 2.00. The molecule has 0 atom stereocenters. The molecule has 0 unspecified atom stereocenters. The van der Waals surface area contributed by atoms with E-state index in [2.05, 4.69) is 0 Å². The van der Waals surface area contributed by atoms with E-state index in [0.717, 1.165) is 6.42 Å². The van der Waals surface area contributed by atoms with Crippen LogP contribution in [0.4, 0.5) is 0 Å². The van der Waals surface area contributed by atoms with Crippen LogP contribution in [-0.4, -0.2) is 18.2 Å². The minimum absolute atomic E-state index is 0.213. The Bertz CT molecular complexity index is 380. The van der Waals surface area contributed by atoms with Crippen LogP contribution in [0.5, 0.6) is 5.75 Å². The second-order valence-electron chi connectivity index (χ2n) is 3.04. The molecule has 0 aromatic heterocycles. The average Bonchev–Trinajstić information content (AvgIpc) is 2.25. The van der Waals surface area contributed by atoms with Crippen molar-refractivity contribution >= 4 is 12.0 Å². The van der Waals surface area contributed by atoms with Gasteiger partial charge in [0.1, 0.15) is 11.3 Å². The zero-order valence-corrected chi connectivity index (χ0v) is 8.86. The molecule has 1 rings (SSSR count). The molecule has 0 aliphatic heterocycles. The minimum atomic E-state index is -0.969. The van der Waals surface area contributed by atoms with Gasteiger partial charge in [-0.15, -0.1) is 0 Å². The molecule has 0 fully saturated rings. The summed E-state index contributed by atoms with van der Waals surface area (Å²) < 4.78 is 5.01. The van der Waals surface area contributed by atoms with Crippen LogP contribution in [0, 0.1) is 0 Å². The Morgan fingerprint density at radius 3 is 2.80 bits per heavy atom. The molecular weight excluding hydrogens is 192 g/mol. The molecule has 0 aliphatic carbocycles. The fraction of sp³-hybridized carbons (Fsp3) is 0.250. The van der Waals surface area contributed by atoms with Gasteiger partial charge in [0, 0.05) is 0 Å². The van der Waals surface area contributed by atoms with E-state index >= 15 is 0 Å². The maximum absolute atomic E-state index is 11.1. The molecule has 0 spiro atoms. The van der Waals surface area contributed by atoms with E-state index in [1.807, 2.05) is 13.0 Å². The third kappa shape index (κ3) is 2.59. The number of carboxylic acids is 1. The van der Waals surface area contributed by atoms with Crippen LogP contribution in [0.1, 0.15) is 29.3 Å². The number of methoxy groups -OCH3 is 1. The summed E-state index contributed by atoms with van der Waals surface area (Å²) in [6.07, 6.45) is 4.59. The van der Waals surface area contributed by atoms with Gasteiger partial charge >= 0.3 is 5.97 Å². The molecule has 1 aromatic rings. The first-order valence-corrected chi connectivity index (χ1v) is 4.77. The molecule has 0 saturated carbocycles. The number of allylic oxidation sites excluding steroid dienone is 1. The second kappa shape index (κ2) is 5.20. The molecule has 80 valence electrons. The van der Waals surface area contributed by atoms with Gasteiger partial charge in [-0.3, -0.25) is 0 Å². The highest BCUT2D eigenvalue weighted by atomic mass is 16.5. The van der Waals surface area contributed by atoms with Gasteiger partial charge in [0.25, 0.3) is 0 Å². The van der Waals surface area contributed by atoms with Crippen LogP contribution >= 0.6 is 0 Å². The van der Waals surface area contributed by atoms with E-state index in [1.165, 1.54) is 7.11 Å². The summed E-state index contributed by atoms with van der Waals surface area (Å²) in [7, 11) is 1.47. The van der Waals surface area contributed by atoms with E-state index in [1.54, 1.807) is 24.3 Å². The molecule has 0 saturated heterocycles. The smallest absolute Gasteiger partial charge is 0.340 e. The molecule has 15 heavy (non-hydrogen) atoms. The van der Waals surface area contributed by atoms with Crippen LogP contribution in [0.15, 0.2) is 24.3 Å². The van der Waals surface area contributed by atoms with Crippen molar-refractivity contribution in [1.29, 1.82) is 0 Å². The topological polar surface area (TPSA) is 46.5 Å². The fourth-order valence-electron chi connectivity index (χ4n) is 1.33. The lowest BCUT2D eigenvalue weighted by atomic mass is 10.1. The maximum atomic E-state index is 11.1. The molecule has 0 aliphatic rings. The normalized spacial score (nSPS) is 10.5. The Morgan fingerprint density at radius 1 is 1.53 bits per heavy atom. The first kappa shape index (κ1) is 11.3. The van der Waals surface area contributed by atoms with Gasteiger partial charge in [-0.05, 0) is 18.1 Å². The van der Waals surface area contributed by atoms with Crippen molar-refractivity contribution in [3.05, 3.63) is 35.4 Å². The van der Waals surface area contributed by atoms with E-state index in [-0.39, 0.29) is 5.56 Å². The summed E-state index contributed by atoms with van der Waals surface area (Å²) in [6, 6.07) is 5.19. The fourth-order valence-corrected chi connectivity index (χ4v) is 1.33. The van der Waals surface area contributed by atoms with Crippen LogP contribution in [0.25, 0.3) is 6.08 Å². The van der Waals surface area contributed by atoms with Crippen molar-refractivity contribution < 1.29 is 14.6 Å². The number of carbonyl (C=O) groups is 1. The van der Waals surface area contributed by atoms with Gasteiger partial charge in [0.15, 0.2) is 0 Å². The first-order chi connectivity index (χ1) is 7.20. The third-order valence-electron chi connectivity index (χ3n) is 2.03. The number of benzene rings is 1. The van der Waals surface area contributed by atoms with Crippen molar-refractivity contribution in [1.82, 2.24) is 0 Å². The highest BCUT2D eigenvalue weighted by molar-refractivity contribution is 5.95. The summed E-state index contributed by atoms with van der Waals surface area (Å²) in [5, 5.41) is 9.06. The highest BCUT2D eigenvalue weighted by Crippen LogP contribution is 2.23. The lowest BCUT2D eigenvalue weighted by Gasteiger charge is -2.07. The van der Waals surface area contributed by atoms with Gasteiger partial charge in [-0.1, -0.05) is 31.2 Å². The summed E-state index contributed by atoms with van der Waals surface area (Å²) in [5.41, 5.74) is 0.883. The van der Waals surface area contributed by atoms with Gasteiger partial charge in [-0.25, -0.2) is 4.79 Å². The SMILES string of the molecule is CC/C=C/c1cccc(OC)c1C(=O)O. The Hall–Kier alpha value is -1.77. The molecule has 0 radical (unpaired) electrons. The van der Waals surface area contributed by atoms with E-state index < -0.39 is 5.97 Å². The van der Waals surface area contributed by atoms with Crippen molar-refractivity contribution in [3.8, 4) is 5.75 Å². The average molecular weight is 206 g/mol. The molecule has 3 heteroatoms. The first-order valence-electron chi connectivity index (χ1n) is 4.77. The number of rotatable bonds is 4. The molecule has 3 nitrogen and oxygen atoms in total. The predicted octanol–water partition coefficient (Wildman–Crippen LogP) is 2.82. The summed E-state index contributed by atoms with van der Waals surface area (Å²) >= 11 is 0. The van der Waals surface area contributed by atoms with Crippen molar-refractivity contribution in [2.75, 3.05) is 7.11 Å². The van der Waals surface area contributed by atoms with Crippen molar-refractivity contribution in [3.63, 3.8) is 0 Å². The van der Waals surface area contributed by atoms with Crippen molar-refractivity contribution in [2.24, 2.45) is 0 Å². The second-order valence-corrected chi connectivity index (χ2v) is 3.04. The monoisotopic (exact) mass is 206 g/mol. The van der Waals surface area contributed by atoms with Gasteiger partial charge < -0.3 is 9.84 Å². The number of hydrogen-bond donors (Lipinski definition) is 1. The summed E-state index contributed by atoms with van der Waals surface area (Å²) in [5.74, 6) is -0.580. The lowest BCUT2D eigenvalue weighted by molar-refractivity contribution is 0.0693.